The Morgan fingerprint density at radius 3 is 2.36 bits per heavy atom. The third kappa shape index (κ3) is 4.64. The van der Waals surface area contributed by atoms with Crippen LogP contribution in [0, 0.1) is 11.6 Å². The highest BCUT2D eigenvalue weighted by Gasteiger charge is 2.36. The first-order valence-electron chi connectivity index (χ1n) is 8.73. The number of hydrogen-bond acceptors (Lipinski definition) is 5. The number of halogens is 2. The topological polar surface area (TPSA) is 79.7 Å². The van der Waals surface area contributed by atoms with Crippen LogP contribution in [0.1, 0.15) is 51.0 Å². The molecule has 1 heterocycles. The summed E-state index contributed by atoms with van der Waals surface area (Å²) < 4.78 is 33.6. The van der Waals surface area contributed by atoms with Gasteiger partial charge < -0.3 is 9.84 Å². The Labute approximate surface area is 165 Å². The molecule has 0 aliphatic heterocycles. The molecule has 6 nitrogen and oxygen atoms in total. The fraction of sp³-hybridized carbons (Fsp3) is 0.421. The van der Waals surface area contributed by atoms with Gasteiger partial charge in [-0.2, -0.15) is 0 Å². The molecule has 0 saturated heterocycles. The third-order valence-electron chi connectivity index (χ3n) is 3.77. The van der Waals surface area contributed by atoms with Gasteiger partial charge in [0.15, 0.2) is 5.69 Å². The number of hydrogen-bond donors (Lipinski definition) is 1. The molecule has 1 aromatic carbocycles. The molecule has 9 heteroatoms. The smallest absolute Gasteiger partial charge is 0.415 e. The fourth-order valence-electron chi connectivity index (χ4n) is 2.44. The average Bonchev–Trinajstić information content (AvgIpc) is 2.98. The number of amides is 1. The molecule has 0 bridgehead atoms. The van der Waals surface area contributed by atoms with E-state index in [1.165, 1.54) is 6.07 Å². The number of thiazole rings is 1. The molecule has 2 aromatic rings. The molecule has 0 radical (unpaired) electrons. The quantitative estimate of drug-likeness (QED) is 0.649. The normalized spacial score (nSPS) is 11.4. The minimum atomic E-state index is -1.41. The van der Waals surface area contributed by atoms with Crippen LogP contribution in [-0.4, -0.2) is 34.3 Å². The number of unbranched alkanes of at least 4 members (excludes halogenated alkanes) is 1. The first-order chi connectivity index (χ1) is 13.1. The van der Waals surface area contributed by atoms with E-state index in [2.05, 4.69) is 4.98 Å². The Hall–Kier alpha value is -2.55. The van der Waals surface area contributed by atoms with Gasteiger partial charge in [0.1, 0.15) is 21.6 Å². The molecule has 28 heavy (non-hydrogen) atoms. The summed E-state index contributed by atoms with van der Waals surface area (Å²) in [4.78, 5) is 29.5. The number of carbonyl (C=O) groups excluding carboxylic acids is 1. The van der Waals surface area contributed by atoms with Crippen LogP contribution < -0.4 is 4.90 Å². The van der Waals surface area contributed by atoms with Crippen molar-refractivity contribution in [2.24, 2.45) is 0 Å². The fourth-order valence-corrected chi connectivity index (χ4v) is 3.73. The van der Waals surface area contributed by atoms with Crippen LogP contribution in [0.4, 0.5) is 18.6 Å². The van der Waals surface area contributed by atoms with E-state index in [4.69, 9.17) is 4.74 Å². The molecule has 1 aromatic heterocycles. The zero-order valence-corrected chi connectivity index (χ0v) is 16.9. The molecule has 152 valence electrons. The molecular weight excluding hydrogens is 390 g/mol. The minimum absolute atomic E-state index is 0.0425. The highest BCUT2D eigenvalue weighted by Crippen LogP contribution is 2.40. The number of carboxylic acid groups (broad SMARTS) is 1. The Morgan fingerprint density at radius 2 is 1.86 bits per heavy atom. The number of benzene rings is 1. The van der Waals surface area contributed by atoms with Crippen molar-refractivity contribution in [1.82, 2.24) is 4.98 Å². The molecule has 2 rings (SSSR count). The summed E-state index contributed by atoms with van der Waals surface area (Å²) in [5.74, 6) is -3.15. The number of carboxylic acids is 1. The van der Waals surface area contributed by atoms with Gasteiger partial charge in [-0.05, 0) is 39.3 Å². The lowest BCUT2D eigenvalue weighted by atomic mass is 10.1. The number of rotatable bonds is 6. The number of anilines is 1. The van der Waals surface area contributed by atoms with Gasteiger partial charge in [0.2, 0.25) is 0 Å². The lowest BCUT2D eigenvalue weighted by Gasteiger charge is -2.33. The van der Waals surface area contributed by atoms with Crippen LogP contribution in [0.25, 0.3) is 10.6 Å². The largest absolute Gasteiger partial charge is 0.476 e. The Kier molecular flexibility index (Phi) is 6.71. The zero-order valence-electron chi connectivity index (χ0n) is 16.1. The van der Waals surface area contributed by atoms with E-state index < -0.39 is 40.5 Å². The van der Waals surface area contributed by atoms with Gasteiger partial charge in [-0.1, -0.05) is 30.7 Å². The zero-order chi connectivity index (χ0) is 21.1. The predicted molar refractivity (Wildman–Crippen MR) is 103 cm³/mol. The van der Waals surface area contributed by atoms with Crippen LogP contribution in [0.2, 0.25) is 0 Å². The third-order valence-corrected chi connectivity index (χ3v) is 4.83. The summed E-state index contributed by atoms with van der Waals surface area (Å²) in [5, 5.41) is 9.34. The van der Waals surface area contributed by atoms with Crippen molar-refractivity contribution < 1.29 is 28.2 Å². The highest BCUT2D eigenvalue weighted by atomic mass is 32.1. The summed E-state index contributed by atoms with van der Waals surface area (Å²) >= 11 is 0.725. The maximum atomic E-state index is 14.2. The molecule has 0 fully saturated rings. The minimum Gasteiger partial charge on any atom is -0.476 e. The van der Waals surface area contributed by atoms with Gasteiger partial charge in [0, 0.05) is 5.54 Å². The molecule has 0 spiro atoms. The Balaban J connectivity index is 2.59. The van der Waals surface area contributed by atoms with Crippen LogP contribution in [0.3, 0.4) is 0 Å². The molecule has 0 aliphatic carbocycles. The second kappa shape index (κ2) is 8.64. The van der Waals surface area contributed by atoms with Gasteiger partial charge in [-0.15, -0.1) is 0 Å². The van der Waals surface area contributed by atoms with Crippen molar-refractivity contribution in [3.8, 4) is 10.6 Å². The molecule has 0 saturated carbocycles. The van der Waals surface area contributed by atoms with Crippen molar-refractivity contribution in [3.63, 3.8) is 0 Å². The van der Waals surface area contributed by atoms with E-state index in [-0.39, 0.29) is 16.6 Å². The van der Waals surface area contributed by atoms with Crippen molar-refractivity contribution in [2.45, 2.75) is 46.1 Å². The standard InChI is InChI=1S/C19H22F2N2O4S/c1-5-6-10-27-18(26)23(19(2,3)4)16-14(17(24)25)22-15(28-16)13-11(20)8-7-9-12(13)21/h7-9H,5-6,10H2,1-4H3,(H,24,25). The number of aromatic carboxylic acids is 1. The monoisotopic (exact) mass is 412 g/mol. The summed E-state index contributed by atoms with van der Waals surface area (Å²) in [6.45, 7) is 7.21. The summed E-state index contributed by atoms with van der Waals surface area (Å²) in [6.07, 6.45) is 0.734. The van der Waals surface area contributed by atoms with Crippen molar-refractivity contribution in [3.05, 3.63) is 35.5 Å². The van der Waals surface area contributed by atoms with E-state index in [0.29, 0.717) is 6.42 Å². The van der Waals surface area contributed by atoms with Crippen molar-refractivity contribution in [2.75, 3.05) is 11.5 Å². The van der Waals surface area contributed by atoms with E-state index in [1.807, 2.05) is 6.92 Å². The number of carbonyl (C=O) groups is 2. The Morgan fingerprint density at radius 1 is 1.25 bits per heavy atom. The molecule has 1 amide bonds. The van der Waals surface area contributed by atoms with Crippen molar-refractivity contribution >= 4 is 28.4 Å². The van der Waals surface area contributed by atoms with E-state index >= 15 is 0 Å². The lowest BCUT2D eigenvalue weighted by molar-refractivity contribution is 0.0692. The molecule has 1 N–H and O–H groups in total. The summed E-state index contributed by atoms with van der Waals surface area (Å²) in [5.41, 5.74) is -1.76. The van der Waals surface area contributed by atoms with Gasteiger partial charge >= 0.3 is 12.1 Å². The first-order valence-corrected chi connectivity index (χ1v) is 9.55. The second-order valence-electron chi connectivity index (χ2n) is 7.05. The Bertz CT molecular complexity index is 857. The van der Waals surface area contributed by atoms with Gasteiger partial charge in [0.05, 0.1) is 12.2 Å². The van der Waals surface area contributed by atoms with Crippen molar-refractivity contribution in [1.29, 1.82) is 0 Å². The number of nitrogens with zero attached hydrogens (tertiary/aromatic N) is 2. The lowest BCUT2D eigenvalue weighted by Crippen LogP contribution is -2.46. The second-order valence-corrected chi connectivity index (χ2v) is 8.03. The van der Waals surface area contributed by atoms with Gasteiger partial charge in [-0.25, -0.2) is 23.4 Å². The van der Waals surface area contributed by atoms with E-state index in [0.717, 1.165) is 34.8 Å². The SMILES string of the molecule is CCCCOC(=O)N(c1sc(-c2c(F)cccc2F)nc1C(=O)O)C(C)(C)C. The number of ether oxygens (including phenoxy) is 1. The molecule has 0 aliphatic rings. The van der Waals surface area contributed by atoms with Crippen LogP contribution >= 0.6 is 11.3 Å². The molecular formula is C19H22F2N2O4S. The predicted octanol–water partition coefficient (Wildman–Crippen LogP) is 5.33. The van der Waals surface area contributed by atoms with Crippen LogP contribution in [-0.2, 0) is 4.74 Å². The van der Waals surface area contributed by atoms with Crippen LogP contribution in [0.15, 0.2) is 18.2 Å². The van der Waals surface area contributed by atoms with E-state index in [1.54, 1.807) is 20.8 Å². The van der Waals surface area contributed by atoms with Gasteiger partial charge in [0.25, 0.3) is 0 Å². The summed E-state index contributed by atoms with van der Waals surface area (Å²) in [6, 6.07) is 3.31. The van der Waals surface area contributed by atoms with E-state index in [9.17, 15) is 23.5 Å². The van der Waals surface area contributed by atoms with Crippen LogP contribution in [0.5, 0.6) is 0 Å². The maximum absolute atomic E-state index is 14.2. The first kappa shape index (κ1) is 21.7. The summed E-state index contributed by atoms with van der Waals surface area (Å²) in [7, 11) is 0. The molecule has 0 atom stereocenters. The van der Waals surface area contributed by atoms with Gasteiger partial charge in [-0.3, -0.25) is 4.90 Å². The number of aromatic nitrogens is 1. The maximum Gasteiger partial charge on any atom is 0.415 e. The molecule has 0 unspecified atom stereocenters. The highest BCUT2D eigenvalue weighted by molar-refractivity contribution is 7.19. The average molecular weight is 412 g/mol.